The topological polar surface area (TPSA) is 86.7 Å². The van der Waals surface area contributed by atoms with Gasteiger partial charge in [-0.15, -0.1) is 0 Å². The van der Waals surface area contributed by atoms with Crippen molar-refractivity contribution in [1.29, 1.82) is 0 Å². The van der Waals surface area contributed by atoms with E-state index in [0.717, 1.165) is 24.8 Å². The molecule has 0 radical (unpaired) electrons. The van der Waals surface area contributed by atoms with Gasteiger partial charge >= 0.3 is 5.97 Å². The maximum atomic E-state index is 13.0. The molecule has 2 aliphatic heterocycles. The molecule has 2 aliphatic rings. The maximum Gasteiger partial charge on any atom is 0.303 e. The number of piperidine rings is 1. The molecule has 2 N–H and O–H groups in total. The zero-order valence-electron chi connectivity index (χ0n) is 16.7. The van der Waals surface area contributed by atoms with Gasteiger partial charge in [-0.05, 0) is 62.1 Å². The second-order valence-corrected chi connectivity index (χ2v) is 8.38. The molecule has 1 aromatic carbocycles. The van der Waals surface area contributed by atoms with E-state index in [4.69, 9.17) is 5.11 Å². The molecule has 7 heteroatoms. The van der Waals surface area contributed by atoms with E-state index in [-0.39, 0.29) is 24.1 Å². The minimum Gasteiger partial charge on any atom is -0.481 e. The first-order valence-electron chi connectivity index (χ1n) is 10.4. The van der Waals surface area contributed by atoms with Gasteiger partial charge in [-0.25, -0.2) is 4.39 Å². The van der Waals surface area contributed by atoms with Crippen molar-refractivity contribution < 1.29 is 23.9 Å². The molecule has 2 heterocycles. The summed E-state index contributed by atoms with van der Waals surface area (Å²) in [6.07, 6.45) is 4.88. The lowest BCUT2D eigenvalue weighted by Gasteiger charge is -2.34. The first-order valence-corrected chi connectivity index (χ1v) is 10.4. The molecule has 0 bridgehead atoms. The van der Waals surface area contributed by atoms with Crippen LogP contribution in [0.25, 0.3) is 0 Å². The lowest BCUT2D eigenvalue weighted by atomic mass is 9.86. The van der Waals surface area contributed by atoms with E-state index in [1.54, 1.807) is 0 Å². The van der Waals surface area contributed by atoms with Crippen LogP contribution in [0.3, 0.4) is 0 Å². The fraction of sp³-hybridized carbons (Fsp3) is 0.591. The fourth-order valence-electron chi connectivity index (χ4n) is 4.46. The minimum atomic E-state index is -0.889. The molecule has 1 atom stereocenters. The Labute approximate surface area is 170 Å². The molecule has 2 amide bonds. The molecule has 6 nitrogen and oxygen atoms in total. The van der Waals surface area contributed by atoms with Crippen LogP contribution in [0, 0.1) is 11.7 Å². The van der Waals surface area contributed by atoms with Crippen molar-refractivity contribution in [1.82, 2.24) is 10.2 Å². The Bertz CT molecular complexity index is 744. The number of nitrogens with zero attached hydrogens (tertiary/aromatic N) is 1. The average Bonchev–Trinajstić information content (AvgIpc) is 3.08. The van der Waals surface area contributed by atoms with Crippen LogP contribution in [0.2, 0.25) is 0 Å². The first-order chi connectivity index (χ1) is 13.8. The van der Waals surface area contributed by atoms with E-state index in [9.17, 15) is 18.8 Å². The number of hydrogen-bond acceptors (Lipinski definition) is 3. The summed E-state index contributed by atoms with van der Waals surface area (Å²) in [5.41, 5.74) is 0.556. The number of carboxylic acid groups (broad SMARTS) is 1. The van der Waals surface area contributed by atoms with Gasteiger partial charge in [-0.1, -0.05) is 12.1 Å². The molecule has 0 spiro atoms. The normalized spacial score (nSPS) is 22.5. The highest BCUT2D eigenvalue weighted by atomic mass is 19.1. The van der Waals surface area contributed by atoms with Gasteiger partial charge in [-0.3, -0.25) is 14.4 Å². The third kappa shape index (κ3) is 6.02. The van der Waals surface area contributed by atoms with Crippen molar-refractivity contribution in [2.24, 2.45) is 5.92 Å². The van der Waals surface area contributed by atoms with Crippen molar-refractivity contribution in [2.75, 3.05) is 13.1 Å². The summed E-state index contributed by atoms with van der Waals surface area (Å²) in [7, 11) is 0. The summed E-state index contributed by atoms with van der Waals surface area (Å²) in [4.78, 5) is 37.2. The Hall–Kier alpha value is -2.44. The number of carboxylic acids is 1. The summed E-state index contributed by atoms with van der Waals surface area (Å²) >= 11 is 0. The molecule has 2 fully saturated rings. The molecule has 0 aromatic heterocycles. The molecule has 29 heavy (non-hydrogen) atoms. The van der Waals surface area contributed by atoms with Gasteiger partial charge in [0.05, 0.1) is 0 Å². The number of likely N-dealkylation sites (tertiary alicyclic amines) is 1. The predicted molar refractivity (Wildman–Crippen MR) is 106 cm³/mol. The number of benzene rings is 1. The summed E-state index contributed by atoms with van der Waals surface area (Å²) < 4.78 is 13.0. The third-order valence-electron chi connectivity index (χ3n) is 6.27. The molecule has 3 rings (SSSR count). The second-order valence-electron chi connectivity index (χ2n) is 8.38. The van der Waals surface area contributed by atoms with Crippen molar-refractivity contribution >= 4 is 17.8 Å². The number of aliphatic carboxylic acids is 1. The molecule has 2 saturated heterocycles. The largest absolute Gasteiger partial charge is 0.481 e. The van der Waals surface area contributed by atoms with Crippen molar-refractivity contribution in [3.05, 3.63) is 35.6 Å². The number of halogens is 1. The van der Waals surface area contributed by atoms with Crippen LogP contribution in [0.4, 0.5) is 4.39 Å². The van der Waals surface area contributed by atoms with Crippen LogP contribution in [-0.4, -0.2) is 46.4 Å². The summed E-state index contributed by atoms with van der Waals surface area (Å²) in [6.45, 7) is 1.42. The molecule has 1 unspecified atom stereocenters. The van der Waals surface area contributed by atoms with Crippen LogP contribution in [0.5, 0.6) is 0 Å². The number of hydrogen-bond donors (Lipinski definition) is 2. The highest BCUT2D eigenvalue weighted by molar-refractivity contribution is 5.80. The Morgan fingerprint density at radius 2 is 1.79 bits per heavy atom. The molecule has 158 valence electrons. The number of carbonyl (C=O) groups is 3. The van der Waals surface area contributed by atoms with Gasteiger partial charge in [0.15, 0.2) is 0 Å². The number of carbonyl (C=O) groups excluding carboxylic acids is 2. The Kier molecular flexibility index (Phi) is 6.87. The van der Waals surface area contributed by atoms with Gasteiger partial charge in [0.2, 0.25) is 11.8 Å². The maximum absolute atomic E-state index is 13.0. The van der Waals surface area contributed by atoms with Gasteiger partial charge in [0.25, 0.3) is 0 Å². The predicted octanol–water partition coefficient (Wildman–Crippen LogP) is 2.90. The number of rotatable bonds is 8. The van der Waals surface area contributed by atoms with Gasteiger partial charge in [0, 0.05) is 37.9 Å². The zero-order chi connectivity index (χ0) is 20.9. The van der Waals surface area contributed by atoms with Crippen molar-refractivity contribution in [2.45, 2.75) is 63.3 Å². The third-order valence-corrected chi connectivity index (χ3v) is 6.27. The highest BCUT2D eigenvalue weighted by Crippen LogP contribution is 2.31. The molecule has 1 aromatic rings. The quantitative estimate of drug-likeness (QED) is 0.698. The van der Waals surface area contributed by atoms with E-state index in [2.05, 4.69) is 5.32 Å². The number of amides is 2. The van der Waals surface area contributed by atoms with E-state index < -0.39 is 11.5 Å². The second kappa shape index (κ2) is 9.37. The standard InChI is InChI=1S/C22H29FN2O4/c23-18-3-1-16(2-4-18)15-17-8-13-25(14-9-17)20(27)6-11-22(12-7-21(28)29)10-5-19(26)24-22/h1-4,17H,5-15H2,(H,24,26)(H,28,29). The van der Waals surface area contributed by atoms with Gasteiger partial charge in [-0.2, -0.15) is 0 Å². The van der Waals surface area contributed by atoms with E-state index >= 15 is 0 Å². The Morgan fingerprint density at radius 3 is 2.38 bits per heavy atom. The molecule has 0 saturated carbocycles. The van der Waals surface area contributed by atoms with Crippen LogP contribution < -0.4 is 5.32 Å². The lowest BCUT2D eigenvalue weighted by molar-refractivity contribution is -0.137. The minimum absolute atomic E-state index is 0.0107. The van der Waals surface area contributed by atoms with E-state index in [1.807, 2.05) is 17.0 Å². The average molecular weight is 404 g/mol. The van der Waals surface area contributed by atoms with Crippen LogP contribution in [0.15, 0.2) is 24.3 Å². The smallest absolute Gasteiger partial charge is 0.303 e. The summed E-state index contributed by atoms with van der Waals surface area (Å²) in [6, 6.07) is 6.60. The summed E-state index contributed by atoms with van der Waals surface area (Å²) in [5, 5.41) is 11.9. The first kappa shape index (κ1) is 21.3. The van der Waals surface area contributed by atoms with E-state index in [0.29, 0.717) is 51.1 Å². The van der Waals surface area contributed by atoms with E-state index in [1.165, 1.54) is 12.1 Å². The SMILES string of the molecule is O=C(O)CCC1(CCC(=O)N2CCC(Cc3ccc(F)cc3)CC2)CCC(=O)N1. The van der Waals surface area contributed by atoms with Gasteiger partial charge in [0.1, 0.15) is 5.82 Å². The lowest BCUT2D eigenvalue weighted by Crippen LogP contribution is -2.44. The van der Waals surface area contributed by atoms with Crippen LogP contribution in [-0.2, 0) is 20.8 Å². The molecular formula is C22H29FN2O4. The van der Waals surface area contributed by atoms with Gasteiger partial charge < -0.3 is 15.3 Å². The fourth-order valence-corrected chi connectivity index (χ4v) is 4.46. The number of nitrogens with one attached hydrogen (secondary N) is 1. The summed E-state index contributed by atoms with van der Waals surface area (Å²) in [5.74, 6) is -0.625. The van der Waals surface area contributed by atoms with Crippen molar-refractivity contribution in [3.8, 4) is 0 Å². The molecular weight excluding hydrogens is 375 g/mol. The highest BCUT2D eigenvalue weighted by Gasteiger charge is 2.38. The Morgan fingerprint density at radius 1 is 1.14 bits per heavy atom. The zero-order valence-corrected chi connectivity index (χ0v) is 16.7. The monoisotopic (exact) mass is 404 g/mol. The van der Waals surface area contributed by atoms with Crippen LogP contribution in [0.1, 0.15) is 56.9 Å². The van der Waals surface area contributed by atoms with Crippen molar-refractivity contribution in [3.63, 3.8) is 0 Å². The molecule has 0 aliphatic carbocycles. The Balaban J connectivity index is 1.45. The van der Waals surface area contributed by atoms with Crippen LogP contribution >= 0.6 is 0 Å².